The van der Waals surface area contributed by atoms with Crippen LogP contribution >= 0.6 is 11.8 Å². The van der Waals surface area contributed by atoms with Crippen molar-refractivity contribution >= 4 is 39.4 Å². The van der Waals surface area contributed by atoms with Crippen LogP contribution in [0, 0.1) is 0 Å². The number of anilines is 1. The van der Waals surface area contributed by atoms with E-state index in [-0.39, 0.29) is 5.75 Å². The molecular formula is C26H32N4O8S2. The van der Waals surface area contributed by atoms with Gasteiger partial charge in [-0.15, -0.1) is 22.0 Å². The smallest absolute Gasteiger partial charge is 0.414 e. The maximum absolute atomic E-state index is 12.4. The van der Waals surface area contributed by atoms with Crippen LogP contribution in [0.1, 0.15) is 25.2 Å². The molecule has 0 unspecified atom stereocenters. The molecule has 0 radical (unpaired) electrons. The average Bonchev–Trinajstić information content (AvgIpc) is 3.42. The summed E-state index contributed by atoms with van der Waals surface area (Å²) in [6.07, 6.45) is 3.53. The number of hydrogen-bond donors (Lipinski definition) is 3. The number of aromatic nitrogens is 2. The van der Waals surface area contributed by atoms with Crippen molar-refractivity contribution in [2.24, 2.45) is 0 Å². The predicted octanol–water partition coefficient (Wildman–Crippen LogP) is 3.43. The molecule has 0 saturated carbocycles. The molecule has 4 rings (SSSR count). The van der Waals surface area contributed by atoms with Gasteiger partial charge in [0.05, 0.1) is 18.1 Å². The van der Waals surface area contributed by atoms with Crippen molar-refractivity contribution in [3.63, 3.8) is 0 Å². The number of carboxylic acids is 2. The quantitative estimate of drug-likeness (QED) is 0.207. The molecule has 1 aromatic heterocycles. The van der Waals surface area contributed by atoms with Crippen molar-refractivity contribution < 1.29 is 37.4 Å². The molecule has 1 aliphatic heterocycles. The number of aliphatic carboxylic acids is 2. The van der Waals surface area contributed by atoms with Crippen molar-refractivity contribution in [3.05, 3.63) is 60.5 Å². The first-order valence-corrected chi connectivity index (χ1v) is 15.4. The maximum atomic E-state index is 12.4. The lowest BCUT2D eigenvalue weighted by Crippen LogP contribution is -2.35. The SMILES string of the molecule is O=C(O)C(=O)O.O=S(=O)(CCN1CCCCC1)Nc1ccc(-c2nnc(CSCCOc3ccccc3)o2)cc1. The lowest BCUT2D eigenvalue weighted by molar-refractivity contribution is -0.159. The molecule has 2 aromatic carbocycles. The van der Waals surface area contributed by atoms with Gasteiger partial charge in [0.2, 0.25) is 21.8 Å². The summed E-state index contributed by atoms with van der Waals surface area (Å²) in [6.45, 7) is 3.13. The van der Waals surface area contributed by atoms with Crippen LogP contribution in [0.3, 0.4) is 0 Å². The van der Waals surface area contributed by atoms with Crippen LogP contribution in [0.5, 0.6) is 5.75 Å². The summed E-state index contributed by atoms with van der Waals surface area (Å²) < 4.78 is 39.0. The predicted molar refractivity (Wildman–Crippen MR) is 151 cm³/mol. The van der Waals surface area contributed by atoms with Crippen molar-refractivity contribution in [2.45, 2.75) is 25.0 Å². The molecule has 1 fully saturated rings. The van der Waals surface area contributed by atoms with Crippen molar-refractivity contribution in [3.8, 4) is 17.2 Å². The Morgan fingerprint density at radius 1 is 0.975 bits per heavy atom. The van der Waals surface area contributed by atoms with E-state index in [0.29, 0.717) is 36.4 Å². The molecule has 40 heavy (non-hydrogen) atoms. The summed E-state index contributed by atoms with van der Waals surface area (Å²) >= 11 is 1.66. The minimum atomic E-state index is -3.40. The van der Waals surface area contributed by atoms with Crippen LogP contribution in [0.25, 0.3) is 11.5 Å². The zero-order valence-corrected chi connectivity index (χ0v) is 23.4. The number of sulfonamides is 1. The highest BCUT2D eigenvalue weighted by molar-refractivity contribution is 7.98. The number of likely N-dealkylation sites (tertiary alicyclic amines) is 1. The Bertz CT molecular complexity index is 1300. The van der Waals surface area contributed by atoms with Gasteiger partial charge in [0.15, 0.2) is 0 Å². The van der Waals surface area contributed by atoms with Crippen LogP contribution in [0.15, 0.2) is 59.0 Å². The second-order valence-corrected chi connectivity index (χ2v) is 11.7. The molecule has 3 aromatic rings. The highest BCUT2D eigenvalue weighted by atomic mass is 32.2. The highest BCUT2D eigenvalue weighted by Gasteiger charge is 2.16. The van der Waals surface area contributed by atoms with Crippen molar-refractivity contribution in [2.75, 3.05) is 42.5 Å². The van der Waals surface area contributed by atoms with Crippen LogP contribution < -0.4 is 9.46 Å². The van der Waals surface area contributed by atoms with E-state index in [2.05, 4.69) is 19.8 Å². The number of carboxylic acid groups (broad SMARTS) is 2. The second kappa shape index (κ2) is 15.8. The number of hydrogen-bond acceptors (Lipinski definition) is 10. The molecule has 216 valence electrons. The minimum Gasteiger partial charge on any atom is -0.493 e. The molecule has 2 heterocycles. The Labute approximate surface area is 236 Å². The van der Waals surface area contributed by atoms with E-state index in [4.69, 9.17) is 29.0 Å². The first-order chi connectivity index (χ1) is 19.2. The van der Waals surface area contributed by atoms with E-state index in [1.54, 1.807) is 36.0 Å². The van der Waals surface area contributed by atoms with Crippen LogP contribution in [0.2, 0.25) is 0 Å². The van der Waals surface area contributed by atoms with E-state index in [9.17, 15) is 8.42 Å². The Morgan fingerprint density at radius 2 is 1.65 bits per heavy atom. The number of piperidine rings is 1. The highest BCUT2D eigenvalue weighted by Crippen LogP contribution is 2.22. The molecule has 0 amide bonds. The normalized spacial score (nSPS) is 13.6. The van der Waals surface area contributed by atoms with Gasteiger partial charge < -0.3 is 24.3 Å². The van der Waals surface area contributed by atoms with Crippen LogP contribution in [-0.4, -0.2) is 83.4 Å². The molecule has 0 spiro atoms. The van der Waals surface area contributed by atoms with Gasteiger partial charge in [0.25, 0.3) is 0 Å². The zero-order chi connectivity index (χ0) is 28.8. The third-order valence-electron chi connectivity index (χ3n) is 5.65. The van der Waals surface area contributed by atoms with Gasteiger partial charge >= 0.3 is 11.9 Å². The number of nitrogens with one attached hydrogen (secondary N) is 1. The van der Waals surface area contributed by atoms with Gasteiger partial charge in [-0.05, 0) is 62.3 Å². The number of rotatable bonds is 12. The van der Waals surface area contributed by atoms with Crippen LogP contribution in [0.4, 0.5) is 5.69 Å². The van der Waals surface area contributed by atoms with E-state index in [0.717, 1.165) is 43.0 Å². The number of carbonyl (C=O) groups is 2. The van der Waals surface area contributed by atoms with E-state index in [1.165, 1.54) is 6.42 Å². The fourth-order valence-corrected chi connectivity index (χ4v) is 5.40. The molecule has 0 bridgehead atoms. The fourth-order valence-electron chi connectivity index (χ4n) is 3.67. The number of para-hydroxylation sites is 1. The summed E-state index contributed by atoms with van der Waals surface area (Å²) in [6, 6.07) is 16.7. The van der Waals surface area contributed by atoms with Gasteiger partial charge in [0.1, 0.15) is 5.75 Å². The molecule has 1 saturated heterocycles. The summed E-state index contributed by atoms with van der Waals surface area (Å²) in [7, 11) is -3.40. The number of thioether (sulfide) groups is 1. The molecular weight excluding hydrogens is 560 g/mol. The van der Waals surface area contributed by atoms with E-state index < -0.39 is 22.0 Å². The van der Waals surface area contributed by atoms with Gasteiger partial charge in [-0.3, -0.25) is 4.72 Å². The summed E-state index contributed by atoms with van der Waals surface area (Å²) in [5, 5.41) is 23.0. The second-order valence-electron chi connectivity index (χ2n) is 8.73. The first-order valence-electron chi connectivity index (χ1n) is 12.6. The molecule has 0 atom stereocenters. The monoisotopic (exact) mass is 592 g/mol. The summed E-state index contributed by atoms with van der Waals surface area (Å²) in [5.41, 5.74) is 1.27. The van der Waals surface area contributed by atoms with Crippen molar-refractivity contribution in [1.82, 2.24) is 15.1 Å². The Hall–Kier alpha value is -3.62. The van der Waals surface area contributed by atoms with Crippen molar-refractivity contribution in [1.29, 1.82) is 0 Å². The first kappa shape index (κ1) is 30.9. The average molecular weight is 593 g/mol. The number of nitrogens with zero attached hydrogens (tertiary/aromatic N) is 3. The molecule has 0 aliphatic carbocycles. The summed E-state index contributed by atoms with van der Waals surface area (Å²) in [4.78, 5) is 20.4. The Balaban J connectivity index is 0.000000663. The summed E-state index contributed by atoms with van der Waals surface area (Å²) in [5.74, 6) is -0.339. The van der Waals surface area contributed by atoms with Crippen LogP contribution in [-0.2, 0) is 25.4 Å². The van der Waals surface area contributed by atoms with Gasteiger partial charge in [0, 0.05) is 23.5 Å². The molecule has 3 N–H and O–H groups in total. The van der Waals surface area contributed by atoms with Gasteiger partial charge in [-0.2, -0.15) is 0 Å². The topological polar surface area (TPSA) is 172 Å². The molecule has 12 nitrogen and oxygen atoms in total. The largest absolute Gasteiger partial charge is 0.493 e. The maximum Gasteiger partial charge on any atom is 0.414 e. The minimum absolute atomic E-state index is 0.0931. The van der Waals surface area contributed by atoms with E-state index >= 15 is 0 Å². The number of ether oxygens (including phenoxy) is 1. The fraction of sp³-hybridized carbons (Fsp3) is 0.385. The molecule has 14 heteroatoms. The lowest BCUT2D eigenvalue weighted by Gasteiger charge is -2.26. The lowest BCUT2D eigenvalue weighted by atomic mass is 10.1. The Kier molecular flexibility index (Phi) is 12.2. The third kappa shape index (κ3) is 11.2. The van der Waals surface area contributed by atoms with Gasteiger partial charge in [-0.1, -0.05) is 24.6 Å². The third-order valence-corrected chi connectivity index (χ3v) is 7.82. The van der Waals surface area contributed by atoms with Gasteiger partial charge in [-0.25, -0.2) is 18.0 Å². The van der Waals surface area contributed by atoms with E-state index in [1.807, 2.05) is 30.3 Å². The number of benzene rings is 2. The molecule has 1 aliphatic rings. The standard InChI is InChI=1S/C24H30N4O4S2.C2H2O4/c29-34(30,18-15-28-13-5-2-6-14-28)27-21-11-9-20(10-12-21)24-26-25-23(32-24)19-33-17-16-31-22-7-3-1-4-8-22;3-1(4)2(5)6/h1,3-4,7-12,27H,2,5-6,13-19H2;(H,3,4)(H,5,6). The Morgan fingerprint density at radius 3 is 2.30 bits per heavy atom. The zero-order valence-electron chi connectivity index (χ0n) is 21.8.